The van der Waals surface area contributed by atoms with Crippen LogP contribution in [0.25, 0.3) is 0 Å². The fourth-order valence-electron chi connectivity index (χ4n) is 1.13. The van der Waals surface area contributed by atoms with Crippen molar-refractivity contribution >= 4 is 17.7 Å². The lowest BCUT2D eigenvalue weighted by Gasteiger charge is -2.30. The van der Waals surface area contributed by atoms with Crippen molar-refractivity contribution in [1.82, 2.24) is 4.31 Å². The van der Waals surface area contributed by atoms with Crippen molar-refractivity contribution in [3.05, 3.63) is 11.8 Å². The lowest BCUT2D eigenvalue weighted by Crippen LogP contribution is -2.27. The third-order valence-corrected chi connectivity index (χ3v) is 2.93. The van der Waals surface area contributed by atoms with Crippen LogP contribution in [0.2, 0.25) is 0 Å². The molecule has 0 aromatic rings. The first-order chi connectivity index (χ1) is 5.11. The van der Waals surface area contributed by atoms with Crippen molar-refractivity contribution in [1.29, 1.82) is 0 Å². The average Bonchev–Trinajstić information content (AvgIpc) is 1.85. The van der Waals surface area contributed by atoms with Gasteiger partial charge >= 0.3 is 0 Å². The summed E-state index contributed by atoms with van der Waals surface area (Å²) in [6.07, 6.45) is 1.72. The van der Waals surface area contributed by atoms with Crippen LogP contribution in [-0.4, -0.2) is 21.9 Å². The van der Waals surface area contributed by atoms with Gasteiger partial charge in [0.1, 0.15) is 0 Å². The zero-order valence-corrected chi connectivity index (χ0v) is 7.94. The highest BCUT2D eigenvalue weighted by molar-refractivity contribution is 7.97. The maximum absolute atomic E-state index is 10.9. The van der Waals surface area contributed by atoms with Gasteiger partial charge in [0.25, 0.3) is 0 Å². The molecule has 62 valence electrons. The van der Waals surface area contributed by atoms with E-state index in [1.165, 1.54) is 0 Å². The molecule has 0 spiro atoms. The minimum absolute atomic E-state index is 0.226. The van der Waals surface area contributed by atoms with Crippen LogP contribution in [0.1, 0.15) is 20.8 Å². The lowest BCUT2D eigenvalue weighted by molar-refractivity contribution is -0.112. The molecule has 11 heavy (non-hydrogen) atoms. The van der Waals surface area contributed by atoms with Gasteiger partial charge in [-0.3, -0.25) is 4.79 Å². The third kappa shape index (κ3) is 1.99. The van der Waals surface area contributed by atoms with Crippen LogP contribution in [0.5, 0.6) is 0 Å². The standard InChI is InChI=1S/C8H13NOS/c1-6(2)9-7(3)4-8(10)5-11-9/h4,6H,5H2,1-3H3. The zero-order chi connectivity index (χ0) is 8.43. The summed E-state index contributed by atoms with van der Waals surface area (Å²) in [5.41, 5.74) is 1.07. The van der Waals surface area contributed by atoms with Gasteiger partial charge in [-0.1, -0.05) is 0 Å². The highest BCUT2D eigenvalue weighted by atomic mass is 32.2. The number of hydrogen-bond acceptors (Lipinski definition) is 3. The van der Waals surface area contributed by atoms with E-state index in [0.717, 1.165) is 5.70 Å². The van der Waals surface area contributed by atoms with E-state index < -0.39 is 0 Å². The molecule has 1 aliphatic rings. The van der Waals surface area contributed by atoms with Crippen molar-refractivity contribution in [2.24, 2.45) is 0 Å². The molecular formula is C8H13NOS. The molecule has 1 aliphatic heterocycles. The van der Waals surface area contributed by atoms with Crippen LogP contribution in [-0.2, 0) is 4.79 Å². The molecule has 0 fully saturated rings. The smallest absolute Gasteiger partial charge is 0.169 e. The summed E-state index contributed by atoms with van der Waals surface area (Å²) < 4.78 is 2.17. The van der Waals surface area contributed by atoms with Crippen molar-refractivity contribution in [2.45, 2.75) is 26.8 Å². The molecule has 0 unspecified atom stereocenters. The third-order valence-electron chi connectivity index (χ3n) is 1.53. The molecule has 0 aromatic carbocycles. The lowest BCUT2D eigenvalue weighted by atomic mass is 10.3. The summed E-state index contributed by atoms with van der Waals surface area (Å²) in [6, 6.07) is 0.476. The monoisotopic (exact) mass is 171 g/mol. The largest absolute Gasteiger partial charge is 0.317 e. The SMILES string of the molecule is CC1=CC(=O)CSN1C(C)C. The van der Waals surface area contributed by atoms with Gasteiger partial charge in [0.15, 0.2) is 5.78 Å². The highest BCUT2D eigenvalue weighted by Gasteiger charge is 2.17. The van der Waals surface area contributed by atoms with E-state index in [0.29, 0.717) is 11.8 Å². The van der Waals surface area contributed by atoms with Gasteiger partial charge in [-0.2, -0.15) is 0 Å². The molecule has 0 saturated carbocycles. The van der Waals surface area contributed by atoms with Crippen molar-refractivity contribution in [3.8, 4) is 0 Å². The Labute approximate surface area is 71.8 Å². The van der Waals surface area contributed by atoms with Gasteiger partial charge in [0, 0.05) is 17.8 Å². The Kier molecular flexibility index (Phi) is 2.60. The second-order valence-electron chi connectivity index (χ2n) is 2.95. The molecule has 0 N–H and O–H groups in total. The topological polar surface area (TPSA) is 20.3 Å². The molecule has 0 bridgehead atoms. The fraction of sp³-hybridized carbons (Fsp3) is 0.625. The Balaban J connectivity index is 2.72. The number of nitrogens with zero attached hydrogens (tertiary/aromatic N) is 1. The normalized spacial score (nSPS) is 19.1. The van der Waals surface area contributed by atoms with E-state index in [-0.39, 0.29) is 5.78 Å². The Bertz CT molecular complexity index is 198. The Hall–Kier alpha value is -0.440. The predicted octanol–water partition coefficient (Wildman–Crippen LogP) is 1.83. The van der Waals surface area contributed by atoms with E-state index in [2.05, 4.69) is 18.2 Å². The van der Waals surface area contributed by atoms with E-state index in [4.69, 9.17) is 0 Å². The van der Waals surface area contributed by atoms with Gasteiger partial charge in [-0.05, 0) is 32.7 Å². The summed E-state index contributed by atoms with van der Waals surface area (Å²) in [5, 5.41) is 0. The first-order valence-corrected chi connectivity index (χ1v) is 4.69. The number of rotatable bonds is 1. The molecule has 0 radical (unpaired) electrons. The predicted molar refractivity (Wildman–Crippen MR) is 48.2 cm³/mol. The van der Waals surface area contributed by atoms with Gasteiger partial charge in [-0.25, -0.2) is 0 Å². The van der Waals surface area contributed by atoms with E-state index in [9.17, 15) is 4.79 Å². The van der Waals surface area contributed by atoms with Crippen LogP contribution < -0.4 is 0 Å². The Morgan fingerprint density at radius 3 is 2.73 bits per heavy atom. The molecule has 1 heterocycles. The summed E-state index contributed by atoms with van der Waals surface area (Å²) in [5.74, 6) is 0.819. The molecule has 0 atom stereocenters. The Morgan fingerprint density at radius 2 is 2.27 bits per heavy atom. The number of ketones is 1. The van der Waals surface area contributed by atoms with Crippen molar-refractivity contribution < 1.29 is 4.79 Å². The quantitative estimate of drug-likeness (QED) is 0.561. The molecule has 0 aliphatic carbocycles. The molecule has 3 heteroatoms. The summed E-state index contributed by atoms with van der Waals surface area (Å²) in [6.45, 7) is 6.23. The minimum atomic E-state index is 0.226. The molecule has 2 nitrogen and oxygen atoms in total. The first kappa shape index (κ1) is 8.65. The minimum Gasteiger partial charge on any atom is -0.317 e. The number of hydrogen-bond donors (Lipinski definition) is 0. The summed E-state index contributed by atoms with van der Waals surface area (Å²) in [7, 11) is 0. The van der Waals surface area contributed by atoms with Gasteiger partial charge < -0.3 is 4.31 Å². The van der Waals surface area contributed by atoms with Crippen LogP contribution in [0.4, 0.5) is 0 Å². The van der Waals surface area contributed by atoms with E-state index >= 15 is 0 Å². The van der Waals surface area contributed by atoms with E-state index in [1.807, 2.05) is 6.92 Å². The molecular weight excluding hydrogens is 158 g/mol. The molecule has 0 saturated heterocycles. The van der Waals surface area contributed by atoms with Crippen molar-refractivity contribution in [2.75, 3.05) is 5.75 Å². The fourth-order valence-corrected chi connectivity index (χ4v) is 2.03. The number of carbonyl (C=O) groups excluding carboxylic acids is 1. The number of allylic oxidation sites excluding steroid dienone is 2. The second-order valence-corrected chi connectivity index (χ2v) is 3.89. The maximum Gasteiger partial charge on any atom is 0.169 e. The van der Waals surface area contributed by atoms with Gasteiger partial charge in [0.05, 0.1) is 5.75 Å². The van der Waals surface area contributed by atoms with Crippen LogP contribution in [0, 0.1) is 0 Å². The number of carbonyl (C=O) groups is 1. The van der Waals surface area contributed by atoms with Crippen molar-refractivity contribution in [3.63, 3.8) is 0 Å². The Morgan fingerprint density at radius 1 is 1.64 bits per heavy atom. The molecule has 1 rings (SSSR count). The molecule has 0 aromatic heterocycles. The van der Waals surface area contributed by atoms with Crippen LogP contribution >= 0.6 is 11.9 Å². The van der Waals surface area contributed by atoms with Gasteiger partial charge in [-0.15, -0.1) is 0 Å². The van der Waals surface area contributed by atoms with E-state index in [1.54, 1.807) is 18.0 Å². The maximum atomic E-state index is 10.9. The van der Waals surface area contributed by atoms with Crippen LogP contribution in [0.3, 0.4) is 0 Å². The average molecular weight is 171 g/mol. The van der Waals surface area contributed by atoms with Crippen LogP contribution in [0.15, 0.2) is 11.8 Å². The first-order valence-electron chi connectivity index (χ1n) is 3.74. The summed E-state index contributed by atoms with van der Waals surface area (Å²) >= 11 is 1.60. The summed E-state index contributed by atoms with van der Waals surface area (Å²) in [4.78, 5) is 10.9. The molecule has 0 amide bonds. The highest BCUT2D eigenvalue weighted by Crippen LogP contribution is 2.24. The zero-order valence-electron chi connectivity index (χ0n) is 7.13. The second kappa shape index (κ2) is 3.30. The van der Waals surface area contributed by atoms with Gasteiger partial charge in [0.2, 0.25) is 0 Å².